The molecule has 2 aliphatic heterocycles. The van der Waals surface area contributed by atoms with Crippen LogP contribution in [0.1, 0.15) is 133 Å². The molecule has 0 saturated heterocycles. The molecular weight excluding hydrogens is 1050 g/mol. The van der Waals surface area contributed by atoms with Crippen molar-refractivity contribution in [1.82, 2.24) is 39.5 Å². The zero-order valence-corrected chi connectivity index (χ0v) is 49.3. The van der Waals surface area contributed by atoms with Crippen molar-refractivity contribution in [3.63, 3.8) is 0 Å². The van der Waals surface area contributed by atoms with Gasteiger partial charge in [0.1, 0.15) is 0 Å². The molecule has 1 radical (unpaired) electrons. The fourth-order valence-corrected chi connectivity index (χ4v) is 10.7. The van der Waals surface area contributed by atoms with Crippen LogP contribution in [0, 0.1) is 11.8 Å². The first-order valence-corrected chi connectivity index (χ1v) is 28.3. The van der Waals surface area contributed by atoms with Crippen molar-refractivity contribution < 1.29 is 36.0 Å². The number of amides is 4. The molecule has 0 fully saturated rings. The van der Waals surface area contributed by atoms with Gasteiger partial charge in [0, 0.05) is 74.6 Å². The average molecular weight is 1120 g/mol. The second-order valence-corrected chi connectivity index (χ2v) is 21.1. The summed E-state index contributed by atoms with van der Waals surface area (Å²) in [4.78, 5) is 84.1. The third kappa shape index (κ3) is 12.4. The van der Waals surface area contributed by atoms with Gasteiger partial charge in [-0.05, 0) is 171 Å². The van der Waals surface area contributed by atoms with Gasteiger partial charge in [0.15, 0.2) is 0 Å². The molecule has 0 spiro atoms. The fourth-order valence-electron chi connectivity index (χ4n) is 10.7. The van der Waals surface area contributed by atoms with E-state index in [1.165, 1.54) is 0 Å². The molecule has 12 nitrogen and oxygen atoms in total. The number of rotatable bonds is 18. The van der Waals surface area contributed by atoms with Crippen molar-refractivity contribution in [3.05, 3.63) is 166 Å². The maximum atomic E-state index is 13.9. The van der Waals surface area contributed by atoms with Gasteiger partial charge < -0.3 is 29.6 Å². The Morgan fingerprint density at radius 3 is 0.753 bits per heavy atom. The zero-order valence-electron chi connectivity index (χ0n) is 48.2. The molecule has 0 unspecified atom stereocenters. The van der Waals surface area contributed by atoms with Crippen molar-refractivity contribution in [2.75, 3.05) is 52.4 Å². The normalized spacial score (nSPS) is 11.7. The molecule has 3 aromatic heterocycles. The molecule has 13 heteroatoms. The van der Waals surface area contributed by atoms with Crippen molar-refractivity contribution in [2.24, 2.45) is 11.8 Å². The number of nitrogens with zero attached hydrogens (tertiary/aromatic N) is 8. The molecule has 0 atom stereocenters. The Hall–Kier alpha value is -8.13. The first kappa shape index (κ1) is 59.0. The maximum absolute atomic E-state index is 13.9. The molecular formula is C68H72CoN8O4. The minimum Gasteiger partial charge on any atom is -0.657 e. The van der Waals surface area contributed by atoms with Crippen LogP contribution in [-0.2, 0) is 16.8 Å². The van der Waals surface area contributed by atoms with Crippen LogP contribution in [0.5, 0.6) is 0 Å². The van der Waals surface area contributed by atoms with Crippen LogP contribution in [-0.4, -0.2) is 106 Å². The molecule has 8 bridgehead atoms. The summed E-state index contributed by atoms with van der Waals surface area (Å²) in [6.45, 7) is 25.3. The van der Waals surface area contributed by atoms with E-state index in [1.54, 1.807) is 9.80 Å². The summed E-state index contributed by atoms with van der Waals surface area (Å²) in [6.07, 6.45) is 8.01. The SMILES string of the molecule is CCN(CC)C(=O)c1ccc(-c2c3nc(c(-c4ccc(C(=O)N(CC)CC(C)C)cc4)c4ccc([n-]4)c(-c4ccc(C(=O)N(CC)CC)cc4)c4nc(c(-c5ccc(C(=O)N(CC)CC(C)C)cc5)c5ccc2[n-]5)C=C4)C=C3)cc1.[Co+2]. The molecule has 0 aliphatic carbocycles. The van der Waals surface area contributed by atoms with Gasteiger partial charge in [-0.15, -0.1) is 22.1 Å². The second-order valence-electron chi connectivity index (χ2n) is 21.1. The topological polar surface area (TPSA) is 135 Å². The largest absolute Gasteiger partial charge is 2.00 e. The number of hydrogen-bond acceptors (Lipinski definition) is 6. The molecule has 417 valence electrons. The number of benzene rings is 4. The summed E-state index contributed by atoms with van der Waals surface area (Å²) in [5.74, 6) is 0.506. The molecule has 7 aromatic rings. The molecule has 5 heterocycles. The van der Waals surface area contributed by atoms with Gasteiger partial charge in [-0.3, -0.25) is 19.2 Å². The number of carbonyl (C=O) groups excluding carboxylic acids is 4. The summed E-state index contributed by atoms with van der Waals surface area (Å²) >= 11 is 0. The molecule has 0 N–H and O–H groups in total. The summed E-state index contributed by atoms with van der Waals surface area (Å²) < 4.78 is 0. The van der Waals surface area contributed by atoms with Gasteiger partial charge in [-0.2, -0.15) is 0 Å². The Bertz CT molecular complexity index is 3420. The van der Waals surface area contributed by atoms with Crippen molar-refractivity contribution in [2.45, 2.75) is 69.2 Å². The summed E-state index contributed by atoms with van der Waals surface area (Å²) in [5, 5.41) is 0. The predicted octanol–water partition coefficient (Wildman–Crippen LogP) is 13.8. The Kier molecular flexibility index (Phi) is 18.9. The number of aromatic nitrogens is 4. The van der Waals surface area contributed by atoms with Gasteiger partial charge >= 0.3 is 16.8 Å². The zero-order chi connectivity index (χ0) is 56.8. The first-order valence-electron chi connectivity index (χ1n) is 28.3. The molecule has 4 amide bonds. The number of hydrogen-bond donors (Lipinski definition) is 0. The Morgan fingerprint density at radius 2 is 0.556 bits per heavy atom. The van der Waals surface area contributed by atoms with Crippen LogP contribution in [0.3, 0.4) is 0 Å². The van der Waals surface area contributed by atoms with Gasteiger partial charge in [-0.25, -0.2) is 9.97 Å². The van der Waals surface area contributed by atoms with Crippen LogP contribution in [0.15, 0.2) is 121 Å². The summed E-state index contributed by atoms with van der Waals surface area (Å²) in [6, 6.07) is 38.8. The summed E-state index contributed by atoms with van der Waals surface area (Å²) in [7, 11) is 0. The molecule has 81 heavy (non-hydrogen) atoms. The van der Waals surface area contributed by atoms with Gasteiger partial charge in [0.25, 0.3) is 23.6 Å². The van der Waals surface area contributed by atoms with Gasteiger partial charge in [-0.1, -0.05) is 100 Å². The van der Waals surface area contributed by atoms with Crippen molar-refractivity contribution in [1.29, 1.82) is 0 Å². The molecule has 0 saturated carbocycles. The second kappa shape index (κ2) is 26.0. The van der Waals surface area contributed by atoms with E-state index in [9.17, 15) is 19.2 Å². The molecule has 2 aliphatic rings. The Labute approximate surface area is 487 Å². The van der Waals surface area contributed by atoms with E-state index in [-0.39, 0.29) is 40.4 Å². The number of fused-ring (bicyclic) bond motifs is 8. The minimum absolute atomic E-state index is 0. The fraction of sp³-hybridized carbons (Fsp3) is 0.294. The smallest absolute Gasteiger partial charge is 0.657 e. The van der Waals surface area contributed by atoms with Crippen molar-refractivity contribution >= 4 is 70.0 Å². The van der Waals surface area contributed by atoms with Crippen LogP contribution >= 0.6 is 0 Å². The predicted molar refractivity (Wildman–Crippen MR) is 326 cm³/mol. The summed E-state index contributed by atoms with van der Waals surface area (Å²) in [5.41, 5.74) is 14.0. The van der Waals surface area contributed by atoms with E-state index in [0.717, 1.165) is 44.5 Å². The standard InChI is InChI=1S/C68H73N8O4.Co/c1-11-73(12-2)65(77)49-25-17-45(18-26-49)61-53-33-37-57(69-53)63(47-21-29-51(30-22-47)67(79)75(15-5)41-43(7)8)59-39-35-55(71-59)62(46-19-27-50(28-20-46)66(78)74(13-3)14-4)56-36-40-60(72-56)64(58-38-34-54(61)70-58)48-23-31-52(32-24-48)68(80)76(16-6)42-44(9)10;/h17-40,43-44H,11-16,41-42H2,1-10H3,(H-,69,70,71,72,77,78,79,80);/q-1;+2/p-1. The van der Waals surface area contributed by atoms with Crippen LogP contribution in [0.25, 0.3) is 90.9 Å². The quantitative estimate of drug-likeness (QED) is 0.0829. The van der Waals surface area contributed by atoms with E-state index in [4.69, 9.17) is 19.9 Å². The molecule has 4 aromatic carbocycles. The third-order valence-corrected chi connectivity index (χ3v) is 14.9. The minimum atomic E-state index is -0.0403. The van der Waals surface area contributed by atoms with Crippen molar-refractivity contribution in [3.8, 4) is 44.5 Å². The van der Waals surface area contributed by atoms with Crippen LogP contribution in [0.2, 0.25) is 0 Å². The van der Waals surface area contributed by atoms with E-state index in [2.05, 4.69) is 27.7 Å². The van der Waals surface area contributed by atoms with E-state index >= 15 is 0 Å². The Balaban J connectivity index is 0.00000860. The maximum Gasteiger partial charge on any atom is 2.00 e. The van der Waals surface area contributed by atoms with E-state index in [1.807, 2.05) is 197 Å². The monoisotopic (exact) mass is 1120 g/mol. The van der Waals surface area contributed by atoms with Gasteiger partial charge in [0.05, 0.1) is 22.8 Å². The molecule has 9 rings (SSSR count). The third-order valence-electron chi connectivity index (χ3n) is 14.9. The number of carbonyl (C=O) groups is 4. The van der Waals surface area contributed by atoms with Gasteiger partial charge in [0.2, 0.25) is 0 Å². The van der Waals surface area contributed by atoms with E-state index < -0.39 is 0 Å². The first-order chi connectivity index (χ1) is 38.7. The Morgan fingerprint density at radius 1 is 0.346 bits per heavy atom. The van der Waals surface area contributed by atoms with Crippen LogP contribution in [0.4, 0.5) is 0 Å². The van der Waals surface area contributed by atoms with E-state index in [0.29, 0.717) is 131 Å². The van der Waals surface area contributed by atoms with Crippen LogP contribution < -0.4 is 9.97 Å². The average Bonchev–Trinajstić information content (AvgIpc) is 4.34.